The van der Waals surface area contributed by atoms with Gasteiger partial charge in [0.2, 0.25) is 0 Å². The molecule has 0 atom stereocenters. The number of nitro benzene ring substituents is 1. The second-order valence-corrected chi connectivity index (χ2v) is 5.80. The van der Waals surface area contributed by atoms with Crippen LogP contribution >= 0.6 is 11.8 Å². The maximum absolute atomic E-state index is 10.6. The van der Waals surface area contributed by atoms with Crippen LogP contribution in [-0.2, 0) is 5.75 Å². The van der Waals surface area contributed by atoms with E-state index in [-0.39, 0.29) is 5.69 Å². The van der Waals surface area contributed by atoms with Gasteiger partial charge in [0.15, 0.2) is 5.17 Å². The van der Waals surface area contributed by atoms with Crippen LogP contribution in [0, 0.1) is 17.0 Å². The molecule has 0 saturated heterocycles. The zero-order valence-electron chi connectivity index (χ0n) is 12.5. The first-order valence-electron chi connectivity index (χ1n) is 6.84. The Kier molecular flexibility index (Phi) is 5.87. The van der Waals surface area contributed by atoms with Gasteiger partial charge in [-0.1, -0.05) is 41.6 Å². The quantitative estimate of drug-likeness (QED) is 0.393. The van der Waals surface area contributed by atoms with E-state index in [1.807, 2.05) is 6.92 Å². The van der Waals surface area contributed by atoms with Gasteiger partial charge in [-0.2, -0.15) is 5.10 Å². The highest BCUT2D eigenvalue weighted by atomic mass is 32.2. The first-order chi connectivity index (χ1) is 11.0. The lowest BCUT2D eigenvalue weighted by molar-refractivity contribution is -0.384. The number of nitrogens with two attached hydrogens (primary N) is 1. The summed E-state index contributed by atoms with van der Waals surface area (Å²) in [6.45, 7) is 2.04. The number of non-ortho nitro benzene ring substituents is 1. The van der Waals surface area contributed by atoms with Crippen LogP contribution in [0.1, 0.15) is 16.7 Å². The Bertz CT molecular complexity index is 725. The molecule has 6 nitrogen and oxygen atoms in total. The Morgan fingerprint density at radius 3 is 2.48 bits per heavy atom. The molecular formula is C16H16N4O2S. The summed E-state index contributed by atoms with van der Waals surface area (Å²) in [7, 11) is 0. The molecule has 0 fully saturated rings. The van der Waals surface area contributed by atoms with E-state index in [9.17, 15) is 10.1 Å². The molecule has 2 rings (SSSR count). The van der Waals surface area contributed by atoms with Crippen molar-refractivity contribution in [3.8, 4) is 0 Å². The van der Waals surface area contributed by atoms with Crippen molar-refractivity contribution < 1.29 is 4.92 Å². The minimum Gasteiger partial charge on any atom is -0.377 e. The summed E-state index contributed by atoms with van der Waals surface area (Å²) in [5.41, 5.74) is 8.93. The van der Waals surface area contributed by atoms with Crippen LogP contribution in [0.25, 0.3) is 0 Å². The lowest BCUT2D eigenvalue weighted by Gasteiger charge is -2.00. The molecule has 0 unspecified atom stereocenters. The Balaban J connectivity index is 1.88. The average molecular weight is 328 g/mol. The number of thioether (sulfide) groups is 1. The molecule has 0 aliphatic rings. The highest BCUT2D eigenvalue weighted by Crippen LogP contribution is 2.13. The Hall–Kier alpha value is -2.67. The maximum atomic E-state index is 10.6. The lowest BCUT2D eigenvalue weighted by atomic mass is 10.2. The molecule has 0 aliphatic carbocycles. The van der Waals surface area contributed by atoms with Gasteiger partial charge in [0.05, 0.1) is 11.1 Å². The fourth-order valence-corrected chi connectivity index (χ4v) is 2.32. The Labute approximate surface area is 138 Å². The summed E-state index contributed by atoms with van der Waals surface area (Å²) >= 11 is 1.40. The highest BCUT2D eigenvalue weighted by Gasteiger charge is 2.02. The van der Waals surface area contributed by atoms with E-state index < -0.39 is 4.92 Å². The standard InChI is InChI=1S/C16H16N4O2S/c1-12-2-4-14(5-3-12)11-23-16(17)19-18-10-13-6-8-15(9-7-13)20(21)22/h2-10H,11H2,1H3,(H2,17,19)/b18-10+. The molecule has 2 aromatic carbocycles. The number of amidine groups is 1. The largest absolute Gasteiger partial charge is 0.377 e. The number of benzene rings is 2. The topological polar surface area (TPSA) is 93.9 Å². The smallest absolute Gasteiger partial charge is 0.269 e. The van der Waals surface area contributed by atoms with Gasteiger partial charge in [0.25, 0.3) is 5.69 Å². The van der Waals surface area contributed by atoms with Gasteiger partial charge in [0, 0.05) is 17.9 Å². The van der Waals surface area contributed by atoms with Crippen LogP contribution < -0.4 is 5.73 Å². The summed E-state index contributed by atoms with van der Waals surface area (Å²) in [6.07, 6.45) is 1.50. The van der Waals surface area contributed by atoms with Crippen molar-refractivity contribution in [2.24, 2.45) is 15.9 Å². The summed E-state index contributed by atoms with van der Waals surface area (Å²) in [6, 6.07) is 14.2. The minimum atomic E-state index is -0.446. The van der Waals surface area contributed by atoms with Gasteiger partial charge in [-0.05, 0) is 30.2 Å². The molecule has 0 amide bonds. The van der Waals surface area contributed by atoms with Crippen LogP contribution in [0.3, 0.4) is 0 Å². The molecule has 2 N–H and O–H groups in total. The highest BCUT2D eigenvalue weighted by molar-refractivity contribution is 8.13. The first kappa shape index (κ1) is 16.7. The molecule has 0 aromatic heterocycles. The van der Waals surface area contributed by atoms with Crippen LogP contribution in [0.5, 0.6) is 0 Å². The van der Waals surface area contributed by atoms with E-state index in [0.717, 1.165) is 16.9 Å². The van der Waals surface area contributed by atoms with Crippen molar-refractivity contribution in [3.05, 3.63) is 75.3 Å². The summed E-state index contributed by atoms with van der Waals surface area (Å²) in [5, 5.41) is 18.7. The van der Waals surface area contributed by atoms with Crippen LogP contribution in [0.2, 0.25) is 0 Å². The third-order valence-corrected chi connectivity index (χ3v) is 3.83. The van der Waals surface area contributed by atoms with Crippen molar-refractivity contribution in [2.45, 2.75) is 12.7 Å². The second-order valence-electron chi connectivity index (χ2n) is 4.81. The van der Waals surface area contributed by atoms with E-state index in [2.05, 4.69) is 34.5 Å². The van der Waals surface area contributed by atoms with Crippen LogP contribution in [0.15, 0.2) is 58.7 Å². The Morgan fingerprint density at radius 2 is 1.87 bits per heavy atom. The monoisotopic (exact) mass is 328 g/mol. The third-order valence-electron chi connectivity index (χ3n) is 2.97. The van der Waals surface area contributed by atoms with Gasteiger partial charge in [0.1, 0.15) is 0 Å². The zero-order chi connectivity index (χ0) is 16.7. The third kappa shape index (κ3) is 5.55. The molecule has 0 spiro atoms. The summed E-state index contributed by atoms with van der Waals surface area (Å²) < 4.78 is 0. The number of hydrogen-bond acceptors (Lipinski definition) is 5. The van der Waals surface area contributed by atoms with Crippen molar-refractivity contribution in [1.82, 2.24) is 0 Å². The Morgan fingerprint density at radius 1 is 1.22 bits per heavy atom. The van der Waals surface area contributed by atoms with Crippen LogP contribution in [-0.4, -0.2) is 16.3 Å². The van der Waals surface area contributed by atoms with E-state index in [1.54, 1.807) is 12.1 Å². The molecule has 7 heteroatoms. The number of nitro groups is 1. The number of aryl methyl sites for hydroxylation is 1. The molecule has 0 heterocycles. The molecule has 0 aliphatic heterocycles. The predicted molar refractivity (Wildman–Crippen MR) is 94.8 cm³/mol. The van der Waals surface area contributed by atoms with Gasteiger partial charge in [-0.15, -0.1) is 5.10 Å². The average Bonchev–Trinajstić information content (AvgIpc) is 2.55. The fourth-order valence-electron chi connectivity index (χ4n) is 1.70. The zero-order valence-corrected chi connectivity index (χ0v) is 13.4. The molecule has 0 bridgehead atoms. The lowest BCUT2D eigenvalue weighted by Crippen LogP contribution is -2.06. The van der Waals surface area contributed by atoms with Gasteiger partial charge >= 0.3 is 0 Å². The molecular weight excluding hydrogens is 312 g/mol. The van der Waals surface area contributed by atoms with Crippen molar-refractivity contribution in [3.63, 3.8) is 0 Å². The molecule has 2 aromatic rings. The van der Waals surface area contributed by atoms with E-state index >= 15 is 0 Å². The molecule has 0 saturated carbocycles. The van der Waals surface area contributed by atoms with E-state index in [0.29, 0.717) is 5.17 Å². The summed E-state index contributed by atoms with van der Waals surface area (Å²) in [4.78, 5) is 10.1. The van der Waals surface area contributed by atoms with E-state index in [1.165, 1.54) is 35.7 Å². The van der Waals surface area contributed by atoms with Crippen LogP contribution in [0.4, 0.5) is 5.69 Å². The van der Waals surface area contributed by atoms with Gasteiger partial charge < -0.3 is 5.73 Å². The van der Waals surface area contributed by atoms with E-state index in [4.69, 9.17) is 5.73 Å². The first-order valence-corrected chi connectivity index (χ1v) is 7.82. The SMILES string of the molecule is Cc1ccc(CS/C(N)=N/N=C/c2ccc([N+](=O)[O-])cc2)cc1. The van der Waals surface area contributed by atoms with Crippen molar-refractivity contribution in [1.29, 1.82) is 0 Å². The molecule has 23 heavy (non-hydrogen) atoms. The normalized spacial score (nSPS) is 11.8. The molecule has 0 radical (unpaired) electrons. The number of nitrogens with zero attached hydrogens (tertiary/aromatic N) is 3. The second kappa shape index (κ2) is 8.09. The van der Waals surface area contributed by atoms with Crippen molar-refractivity contribution in [2.75, 3.05) is 0 Å². The maximum Gasteiger partial charge on any atom is 0.269 e. The number of hydrogen-bond donors (Lipinski definition) is 1. The van der Waals surface area contributed by atoms with Gasteiger partial charge in [-0.25, -0.2) is 0 Å². The fraction of sp³-hybridized carbons (Fsp3) is 0.125. The predicted octanol–water partition coefficient (Wildman–Crippen LogP) is 3.49. The minimum absolute atomic E-state index is 0.0406. The van der Waals surface area contributed by atoms with Crippen molar-refractivity contribution >= 4 is 28.8 Å². The van der Waals surface area contributed by atoms with Gasteiger partial charge in [-0.3, -0.25) is 10.1 Å². The molecule has 118 valence electrons. The number of rotatable bonds is 5. The summed E-state index contributed by atoms with van der Waals surface area (Å²) in [5.74, 6) is 0.725.